The zero-order valence-electron chi connectivity index (χ0n) is 13.9. The van der Waals surface area contributed by atoms with Crippen molar-refractivity contribution in [2.24, 2.45) is 0 Å². The van der Waals surface area contributed by atoms with Gasteiger partial charge in [-0.25, -0.2) is 0 Å². The fraction of sp³-hybridized carbons (Fsp3) is 0. The van der Waals surface area contributed by atoms with E-state index in [-0.39, 0.29) is 17.5 Å². The van der Waals surface area contributed by atoms with Gasteiger partial charge in [0.25, 0.3) is 11.6 Å². The van der Waals surface area contributed by atoms with Gasteiger partial charge in [0.2, 0.25) is 5.89 Å². The molecule has 3 aromatic carbocycles. The Morgan fingerprint density at radius 1 is 1.00 bits per heavy atom. The SMILES string of the molecule is O=[N+]([O-])c1ccc(-c2nnc(/C(Cl)=C/c3ccc4ccccc4c3)o2)cc1. The molecule has 132 valence electrons. The minimum Gasteiger partial charge on any atom is -0.415 e. The van der Waals surface area contributed by atoms with Crippen LogP contribution in [0.2, 0.25) is 0 Å². The van der Waals surface area contributed by atoms with Crippen LogP contribution >= 0.6 is 11.6 Å². The van der Waals surface area contributed by atoms with Crippen molar-refractivity contribution in [3.8, 4) is 11.5 Å². The summed E-state index contributed by atoms with van der Waals surface area (Å²) in [5, 5.41) is 21.2. The predicted molar refractivity (Wildman–Crippen MR) is 104 cm³/mol. The third kappa shape index (κ3) is 3.56. The predicted octanol–water partition coefficient (Wildman–Crippen LogP) is 5.53. The number of benzene rings is 3. The minimum atomic E-state index is -0.466. The summed E-state index contributed by atoms with van der Waals surface area (Å²) >= 11 is 6.34. The van der Waals surface area contributed by atoms with Crippen LogP contribution in [0.5, 0.6) is 0 Å². The second-order valence-corrected chi connectivity index (χ2v) is 6.22. The second kappa shape index (κ2) is 7.01. The normalized spacial score (nSPS) is 11.7. The van der Waals surface area contributed by atoms with Gasteiger partial charge in [-0.15, -0.1) is 10.2 Å². The van der Waals surface area contributed by atoms with Crippen LogP contribution in [0.3, 0.4) is 0 Å². The summed E-state index contributed by atoms with van der Waals surface area (Å²) in [4.78, 5) is 10.3. The maximum Gasteiger partial charge on any atom is 0.269 e. The topological polar surface area (TPSA) is 82.1 Å². The van der Waals surface area contributed by atoms with Crippen molar-refractivity contribution < 1.29 is 9.34 Å². The largest absolute Gasteiger partial charge is 0.415 e. The molecule has 4 rings (SSSR count). The van der Waals surface area contributed by atoms with E-state index in [2.05, 4.69) is 10.2 Å². The zero-order chi connectivity index (χ0) is 18.8. The Kier molecular flexibility index (Phi) is 4.40. The van der Waals surface area contributed by atoms with E-state index in [0.717, 1.165) is 16.3 Å². The Morgan fingerprint density at radius 2 is 1.74 bits per heavy atom. The minimum absolute atomic E-state index is 0.00674. The van der Waals surface area contributed by atoms with E-state index in [9.17, 15) is 10.1 Å². The molecular formula is C20H12ClN3O3. The molecular weight excluding hydrogens is 366 g/mol. The molecule has 1 heterocycles. The summed E-state index contributed by atoms with van der Waals surface area (Å²) in [6, 6.07) is 19.9. The molecule has 4 aromatic rings. The highest BCUT2D eigenvalue weighted by molar-refractivity contribution is 6.50. The van der Waals surface area contributed by atoms with Crippen molar-refractivity contribution >= 4 is 39.2 Å². The van der Waals surface area contributed by atoms with Gasteiger partial charge in [0.1, 0.15) is 5.03 Å². The molecule has 0 fully saturated rings. The van der Waals surface area contributed by atoms with Crippen LogP contribution in [0.25, 0.3) is 33.3 Å². The van der Waals surface area contributed by atoms with Gasteiger partial charge in [0, 0.05) is 17.7 Å². The van der Waals surface area contributed by atoms with E-state index >= 15 is 0 Å². The standard InChI is InChI=1S/C20H12ClN3O3/c21-18(12-13-5-6-14-3-1-2-4-16(14)11-13)20-23-22-19(27-20)15-7-9-17(10-8-15)24(25)26/h1-12H/b18-12-. The second-order valence-electron chi connectivity index (χ2n) is 5.82. The number of fused-ring (bicyclic) bond motifs is 1. The number of aromatic nitrogens is 2. The number of hydrogen-bond acceptors (Lipinski definition) is 5. The summed E-state index contributed by atoms with van der Waals surface area (Å²) in [5.74, 6) is 0.420. The Morgan fingerprint density at radius 3 is 2.48 bits per heavy atom. The number of non-ortho nitro benzene ring substituents is 1. The van der Waals surface area contributed by atoms with Crippen molar-refractivity contribution in [2.45, 2.75) is 0 Å². The summed E-state index contributed by atoms with van der Waals surface area (Å²) in [6.07, 6.45) is 1.75. The van der Waals surface area contributed by atoms with Crippen LogP contribution in [0.15, 0.2) is 71.1 Å². The van der Waals surface area contributed by atoms with Crippen LogP contribution in [0.1, 0.15) is 11.5 Å². The molecule has 0 aliphatic carbocycles. The molecule has 0 aliphatic rings. The molecule has 6 nitrogen and oxygen atoms in total. The number of nitro groups is 1. The molecule has 0 radical (unpaired) electrons. The van der Waals surface area contributed by atoms with Gasteiger partial charge in [0.15, 0.2) is 0 Å². The lowest BCUT2D eigenvalue weighted by molar-refractivity contribution is -0.384. The van der Waals surface area contributed by atoms with Crippen molar-refractivity contribution in [2.75, 3.05) is 0 Å². The highest BCUT2D eigenvalue weighted by atomic mass is 35.5. The van der Waals surface area contributed by atoms with Crippen LogP contribution < -0.4 is 0 Å². The third-order valence-electron chi connectivity index (χ3n) is 4.02. The first kappa shape index (κ1) is 16.9. The Balaban J connectivity index is 1.61. The molecule has 0 saturated heterocycles. The Hall–Kier alpha value is -3.51. The average Bonchev–Trinajstić information content (AvgIpc) is 3.18. The number of rotatable bonds is 4. The molecule has 0 bridgehead atoms. The highest BCUT2D eigenvalue weighted by Gasteiger charge is 2.13. The van der Waals surface area contributed by atoms with Crippen molar-refractivity contribution in [3.63, 3.8) is 0 Å². The summed E-state index contributed by atoms with van der Waals surface area (Å²) < 4.78 is 5.60. The molecule has 0 atom stereocenters. The van der Waals surface area contributed by atoms with Crippen LogP contribution in [-0.2, 0) is 0 Å². The third-order valence-corrected chi connectivity index (χ3v) is 4.29. The first-order chi connectivity index (χ1) is 13.1. The van der Waals surface area contributed by atoms with Crippen molar-refractivity contribution in [1.29, 1.82) is 0 Å². The molecule has 0 aliphatic heterocycles. The van der Waals surface area contributed by atoms with Crippen molar-refractivity contribution in [1.82, 2.24) is 10.2 Å². The number of nitrogens with zero attached hydrogens (tertiary/aromatic N) is 3. The molecule has 0 amide bonds. The molecule has 0 N–H and O–H groups in total. The summed E-state index contributed by atoms with van der Waals surface area (Å²) in [7, 11) is 0. The van der Waals surface area contributed by atoms with Gasteiger partial charge in [-0.1, -0.05) is 48.0 Å². The first-order valence-corrected chi connectivity index (χ1v) is 8.43. The monoisotopic (exact) mass is 377 g/mol. The van der Waals surface area contributed by atoms with Crippen LogP contribution in [0.4, 0.5) is 5.69 Å². The fourth-order valence-corrected chi connectivity index (χ4v) is 2.87. The van der Waals surface area contributed by atoms with Crippen molar-refractivity contribution in [3.05, 3.63) is 88.3 Å². The lowest BCUT2D eigenvalue weighted by Gasteiger charge is -2.00. The van der Waals surface area contributed by atoms with E-state index in [1.165, 1.54) is 12.1 Å². The molecule has 7 heteroatoms. The zero-order valence-corrected chi connectivity index (χ0v) is 14.6. The van der Waals surface area contributed by atoms with Crippen LogP contribution in [0, 0.1) is 10.1 Å². The average molecular weight is 378 g/mol. The number of hydrogen-bond donors (Lipinski definition) is 0. The quantitative estimate of drug-likeness (QED) is 0.344. The van der Waals surface area contributed by atoms with Gasteiger partial charge in [-0.05, 0) is 40.6 Å². The van der Waals surface area contributed by atoms with Gasteiger partial charge < -0.3 is 4.42 Å². The Labute approximate surface area is 158 Å². The smallest absolute Gasteiger partial charge is 0.269 e. The lowest BCUT2D eigenvalue weighted by Crippen LogP contribution is -1.87. The molecule has 0 saturated carbocycles. The molecule has 1 aromatic heterocycles. The van der Waals surface area contributed by atoms with Gasteiger partial charge in [0.05, 0.1) is 4.92 Å². The van der Waals surface area contributed by atoms with E-state index in [1.54, 1.807) is 18.2 Å². The number of halogens is 1. The maximum atomic E-state index is 10.7. The Bertz CT molecular complexity index is 1170. The lowest BCUT2D eigenvalue weighted by atomic mass is 10.1. The first-order valence-electron chi connectivity index (χ1n) is 8.05. The molecule has 0 spiro atoms. The maximum absolute atomic E-state index is 10.7. The molecule has 0 unspecified atom stereocenters. The van der Waals surface area contributed by atoms with E-state index in [0.29, 0.717) is 10.6 Å². The summed E-state index contributed by atoms with van der Waals surface area (Å²) in [5.41, 5.74) is 1.48. The van der Waals surface area contributed by atoms with Gasteiger partial charge >= 0.3 is 0 Å². The van der Waals surface area contributed by atoms with Gasteiger partial charge in [-0.3, -0.25) is 10.1 Å². The van der Waals surface area contributed by atoms with E-state index < -0.39 is 4.92 Å². The van der Waals surface area contributed by atoms with E-state index in [1.807, 2.05) is 42.5 Å². The summed E-state index contributed by atoms with van der Waals surface area (Å²) in [6.45, 7) is 0. The highest BCUT2D eigenvalue weighted by Crippen LogP contribution is 2.27. The van der Waals surface area contributed by atoms with Gasteiger partial charge in [-0.2, -0.15) is 0 Å². The van der Waals surface area contributed by atoms with Crippen LogP contribution in [-0.4, -0.2) is 15.1 Å². The number of nitro benzene ring substituents is 1. The van der Waals surface area contributed by atoms with E-state index in [4.69, 9.17) is 16.0 Å². The molecule has 27 heavy (non-hydrogen) atoms. The fourth-order valence-electron chi connectivity index (χ4n) is 2.67.